The molecule has 2 aromatic heterocycles. The molecule has 79 heavy (non-hydrogen) atoms. The molecule has 4 heteroatoms. The van der Waals surface area contributed by atoms with Crippen molar-refractivity contribution in [2.24, 2.45) is 0 Å². The summed E-state index contributed by atoms with van der Waals surface area (Å²) >= 11 is 0. The number of rotatable bonds is 6. The van der Waals surface area contributed by atoms with Crippen LogP contribution in [0.2, 0.25) is 0 Å². The fourth-order valence-electron chi connectivity index (χ4n) is 13.9. The first-order valence-electron chi connectivity index (χ1n) is 27.3. The lowest BCUT2D eigenvalue weighted by molar-refractivity contribution is 0.668. The van der Waals surface area contributed by atoms with E-state index in [9.17, 15) is 0 Å². The van der Waals surface area contributed by atoms with Crippen molar-refractivity contribution >= 4 is 110 Å². The minimum Gasteiger partial charge on any atom is -0.454 e. The number of hydrogen-bond acceptors (Lipinski definition) is 4. The van der Waals surface area contributed by atoms with Crippen molar-refractivity contribution in [3.05, 3.63) is 288 Å². The highest BCUT2D eigenvalue weighted by atomic mass is 16.3. The topological polar surface area (TPSA) is 32.8 Å². The number of anilines is 6. The van der Waals surface area contributed by atoms with Crippen LogP contribution < -0.4 is 9.80 Å². The smallest absolute Gasteiger partial charge is 0.159 e. The van der Waals surface area contributed by atoms with Crippen LogP contribution in [0.15, 0.2) is 264 Å². The Balaban J connectivity index is 0.917. The molecular weight excluding hydrogens is 961 g/mol. The van der Waals surface area contributed by atoms with E-state index < -0.39 is 5.41 Å². The third-order valence-electron chi connectivity index (χ3n) is 17.4. The minimum atomic E-state index is -0.625. The molecular formula is C75H48N2O2. The summed E-state index contributed by atoms with van der Waals surface area (Å²) in [6.07, 6.45) is 0. The maximum Gasteiger partial charge on any atom is 0.159 e. The van der Waals surface area contributed by atoms with E-state index in [2.05, 4.69) is 266 Å². The van der Waals surface area contributed by atoms with Crippen LogP contribution in [0.5, 0.6) is 0 Å². The monoisotopic (exact) mass is 1010 g/mol. The molecule has 17 rings (SSSR count). The zero-order chi connectivity index (χ0) is 52.1. The minimum absolute atomic E-state index is 0.625. The highest BCUT2D eigenvalue weighted by Crippen LogP contribution is 2.65. The molecule has 2 heterocycles. The van der Waals surface area contributed by atoms with Gasteiger partial charge in [0.25, 0.3) is 0 Å². The van der Waals surface area contributed by atoms with Gasteiger partial charge in [-0.15, -0.1) is 0 Å². The van der Waals surface area contributed by atoms with Gasteiger partial charge in [-0.05, 0) is 187 Å². The molecule has 2 aliphatic rings. The second kappa shape index (κ2) is 16.4. The van der Waals surface area contributed by atoms with E-state index in [1.165, 1.54) is 88.0 Å². The van der Waals surface area contributed by atoms with E-state index in [4.69, 9.17) is 8.83 Å². The van der Waals surface area contributed by atoms with Crippen LogP contribution in [0.3, 0.4) is 0 Å². The number of furan rings is 2. The van der Waals surface area contributed by atoms with Gasteiger partial charge in [0.1, 0.15) is 11.2 Å². The maximum absolute atomic E-state index is 6.77. The lowest BCUT2D eigenvalue weighted by Gasteiger charge is -2.31. The average Bonchev–Trinajstić information content (AvgIpc) is 4.33. The average molecular weight is 1010 g/mol. The lowest BCUT2D eigenvalue weighted by atomic mass is 9.70. The standard InChI is InChI=1S/C75H48N2O2/c1-45-17-3-11-27-66(45)76(68-29-15-24-57-55-21-8-13-31-70(55)78-73(57)68)52-36-33-48-41-60-61-42-49-34-37-53(77(67-28-12-4-18-46(67)2)69-30-16-25-58-56-22-9-14-32-71(56)79-74(58)69)40-51(49)44-65(61)75(64(60)43-50(48)39-52)62-26-10-7-23-59(62)72-54-20-6-5-19-47(54)35-38-63(72)75/h3-44H,1-2H3. The lowest BCUT2D eigenvalue weighted by Crippen LogP contribution is -2.26. The van der Waals surface area contributed by atoms with Crippen LogP contribution in [-0.2, 0) is 5.41 Å². The van der Waals surface area contributed by atoms with E-state index in [0.29, 0.717) is 0 Å². The van der Waals surface area contributed by atoms with Crippen molar-refractivity contribution in [2.75, 3.05) is 9.80 Å². The van der Waals surface area contributed by atoms with Crippen molar-refractivity contribution < 1.29 is 8.83 Å². The zero-order valence-corrected chi connectivity index (χ0v) is 43.5. The van der Waals surface area contributed by atoms with Gasteiger partial charge in [0.15, 0.2) is 11.2 Å². The molecule has 15 aromatic rings. The quantitative estimate of drug-likeness (QED) is 0.166. The fraction of sp³-hybridized carbons (Fsp3) is 0.0400. The molecule has 0 atom stereocenters. The number of aryl methyl sites for hydroxylation is 2. The molecule has 0 N–H and O–H groups in total. The zero-order valence-electron chi connectivity index (χ0n) is 43.5. The van der Waals surface area contributed by atoms with Crippen LogP contribution in [0.4, 0.5) is 34.1 Å². The van der Waals surface area contributed by atoms with Gasteiger partial charge in [-0.2, -0.15) is 0 Å². The molecule has 0 saturated heterocycles. The Labute approximate surface area is 456 Å². The molecule has 0 fully saturated rings. The van der Waals surface area contributed by atoms with Crippen LogP contribution in [0.1, 0.15) is 33.4 Å². The van der Waals surface area contributed by atoms with Crippen LogP contribution >= 0.6 is 0 Å². The van der Waals surface area contributed by atoms with E-state index in [-0.39, 0.29) is 0 Å². The molecule has 2 aliphatic carbocycles. The highest BCUT2D eigenvalue weighted by Gasteiger charge is 2.52. The molecule has 0 unspecified atom stereocenters. The van der Waals surface area contributed by atoms with Crippen molar-refractivity contribution in [3.8, 4) is 22.3 Å². The van der Waals surface area contributed by atoms with E-state index >= 15 is 0 Å². The summed E-state index contributed by atoms with van der Waals surface area (Å²) in [6.45, 7) is 4.39. The van der Waals surface area contributed by atoms with Gasteiger partial charge in [-0.25, -0.2) is 0 Å². The van der Waals surface area contributed by atoms with Crippen molar-refractivity contribution in [2.45, 2.75) is 19.3 Å². The summed E-state index contributed by atoms with van der Waals surface area (Å²) in [7, 11) is 0. The predicted molar refractivity (Wildman–Crippen MR) is 329 cm³/mol. The summed E-state index contributed by atoms with van der Waals surface area (Å²) in [5.41, 5.74) is 21.9. The second-order valence-corrected chi connectivity index (χ2v) is 21.6. The first kappa shape index (κ1) is 44.0. The normalized spacial score (nSPS) is 13.0. The number of nitrogens with zero attached hydrogens (tertiary/aromatic N) is 2. The molecule has 13 aromatic carbocycles. The predicted octanol–water partition coefficient (Wildman–Crippen LogP) is 20.8. The Morgan fingerprint density at radius 3 is 1.32 bits per heavy atom. The third-order valence-corrected chi connectivity index (χ3v) is 17.4. The van der Waals surface area contributed by atoms with Gasteiger partial charge in [0, 0.05) is 44.3 Å². The van der Waals surface area contributed by atoms with Gasteiger partial charge in [-0.3, -0.25) is 0 Å². The fourth-order valence-corrected chi connectivity index (χ4v) is 13.9. The summed E-state index contributed by atoms with van der Waals surface area (Å²) in [6, 6.07) is 94.0. The van der Waals surface area contributed by atoms with E-state index in [0.717, 1.165) is 78.0 Å². The SMILES string of the molecule is Cc1ccccc1N(c1ccc2cc3c(cc2c1)C1(c2cc4cc(N(c5ccccc5C)c5cccc6c5oc5ccccc56)ccc4cc2-3)c2ccccc2-c2c1ccc1ccccc21)c1cccc2c1oc1ccccc12. The second-order valence-electron chi connectivity index (χ2n) is 21.6. The van der Waals surface area contributed by atoms with Gasteiger partial charge in [0.05, 0.1) is 16.8 Å². The molecule has 4 nitrogen and oxygen atoms in total. The Morgan fingerprint density at radius 2 is 0.747 bits per heavy atom. The maximum atomic E-state index is 6.77. The number of hydrogen-bond donors (Lipinski definition) is 0. The number of benzene rings is 13. The Bertz CT molecular complexity index is 4840. The molecule has 0 bridgehead atoms. The molecule has 370 valence electrons. The van der Waals surface area contributed by atoms with E-state index in [1.54, 1.807) is 0 Å². The highest BCUT2D eigenvalue weighted by molar-refractivity contribution is 6.14. The largest absolute Gasteiger partial charge is 0.454 e. The number of para-hydroxylation sites is 6. The molecule has 0 saturated carbocycles. The summed E-state index contributed by atoms with van der Waals surface area (Å²) in [5.74, 6) is 0. The number of fused-ring (bicyclic) bond motifs is 20. The first-order chi connectivity index (χ1) is 39.0. The Kier molecular flexibility index (Phi) is 9.15. The van der Waals surface area contributed by atoms with Crippen LogP contribution in [0.25, 0.3) is 98.4 Å². The van der Waals surface area contributed by atoms with Gasteiger partial charge < -0.3 is 18.6 Å². The molecule has 1 spiro atoms. The first-order valence-corrected chi connectivity index (χ1v) is 27.3. The van der Waals surface area contributed by atoms with Gasteiger partial charge in [-0.1, -0.05) is 170 Å². The van der Waals surface area contributed by atoms with E-state index in [1.807, 2.05) is 12.1 Å². The van der Waals surface area contributed by atoms with Crippen molar-refractivity contribution in [1.29, 1.82) is 0 Å². The summed E-state index contributed by atoms with van der Waals surface area (Å²) in [4.78, 5) is 4.78. The van der Waals surface area contributed by atoms with Crippen molar-refractivity contribution in [1.82, 2.24) is 0 Å². The molecule has 0 aliphatic heterocycles. The Hall–Kier alpha value is -10.2. The third kappa shape index (κ3) is 6.14. The molecule has 0 amide bonds. The summed E-state index contributed by atoms with van der Waals surface area (Å²) in [5, 5.41) is 11.7. The Morgan fingerprint density at radius 1 is 0.291 bits per heavy atom. The van der Waals surface area contributed by atoms with Gasteiger partial charge in [0.2, 0.25) is 0 Å². The van der Waals surface area contributed by atoms with Gasteiger partial charge >= 0.3 is 0 Å². The van der Waals surface area contributed by atoms with Crippen molar-refractivity contribution in [3.63, 3.8) is 0 Å². The molecule has 0 radical (unpaired) electrons. The summed E-state index contributed by atoms with van der Waals surface area (Å²) < 4.78 is 13.5. The van der Waals surface area contributed by atoms with Crippen LogP contribution in [-0.4, -0.2) is 0 Å². The van der Waals surface area contributed by atoms with Crippen LogP contribution in [0, 0.1) is 13.8 Å².